The summed E-state index contributed by atoms with van der Waals surface area (Å²) in [6.45, 7) is -38.8. The number of carbonyl (C=O) groups is 2. The fraction of sp³-hybridized carbons (Fsp3) is 0.378. The van der Waals surface area contributed by atoms with Crippen molar-refractivity contribution in [1.29, 1.82) is 0 Å². The molecule has 0 radical (unpaired) electrons. The second-order valence-corrected chi connectivity index (χ2v) is 21.1. The van der Waals surface area contributed by atoms with Gasteiger partial charge in [0.15, 0.2) is 10.3 Å². The van der Waals surface area contributed by atoms with Crippen molar-refractivity contribution in [2.45, 2.75) is 134 Å². The molecule has 2 aliphatic carbocycles. The molecule has 0 fully saturated rings. The SMILES string of the molecule is [2H]c1c([2H])c(C(F)(F)F)c([2H])c([2H])c1-c1c([2H])c([2H])c(C([2H])([2H])N(C(=O)Cn2c(SC([2H])([2H])c3ccc(F)cc3)nc(=O)c3c2C([2H])([2H])C([2H])(C)C3([2H])[2H])C([2H])([2H])C([2H])([2H])N(C([2H])([2H])C)C([2H])([2H])C)c([2H])c1[2H].[2H]c1c([2H])c(C([2H])([2H])N(C(=O)Cn2c(SC([2H])([2H])c3ccc(F)cc3)nc(=O)c3c2CCC3)C([2H])([2H])C([2H])([2H])N(C([2H])([2H])C)C([2H])([2H])C)c([2H])c([2H])c1-c1c([2H])c([2H])c(C(F)(F)F)c(C)c1[2H]. The third-order valence-electron chi connectivity index (χ3n) is 13.1. The Kier molecular flexibility index (Phi) is 11.7. The Morgan fingerprint density at radius 1 is 0.573 bits per heavy atom. The van der Waals surface area contributed by atoms with Gasteiger partial charge in [0.25, 0.3) is 11.1 Å². The van der Waals surface area contributed by atoms with E-state index in [0.717, 1.165) is 60.0 Å². The molecule has 6 aromatic carbocycles. The molecule has 0 aliphatic heterocycles. The standard InChI is InChI=1S/2C37H40F4N4O2S/c1-4-43(5-2)18-19-44(22-26-6-10-28(11-7-26)29-12-14-30(15-13-29)37(39,40)41)34(46)23-45-33-21-25(3)20-32(33)35(47)42-36(45)48-24-27-8-16-31(38)17-9-27;1-4-43(5-2)19-20-44(22-26-9-13-28(14-10-26)29-15-18-32(25(3)21-29)37(39,40)41)34(46)23-45-33-8-6-7-31(33)35(47)42-36(45)48-24-27-11-16-30(38)17-12-27/h6-17,25H,4-5,18-24H2,1-3H3;9-18,21H,4-8,19-20,22-24H2,1-3H3/i4D2,5D2,6D,7D,10D,11D,12D,13D,14D,15D,18D2,19D2,20D2,21D2,22D2,24D2,25D;4D2,5D2,9D,10D,13D,14D,15D,18D,19D2,20D2,21D,22D2,24D2. The molecule has 0 bridgehead atoms. The highest BCUT2D eigenvalue weighted by atomic mass is 32.2. The first kappa shape index (κ1) is 34.0. The van der Waals surface area contributed by atoms with Crippen molar-refractivity contribution < 1.29 is 105 Å². The first-order valence-electron chi connectivity index (χ1n) is 49.8. The van der Waals surface area contributed by atoms with Crippen LogP contribution in [0.2, 0.25) is 0 Å². The van der Waals surface area contributed by atoms with Crippen molar-refractivity contribution in [2.75, 3.05) is 52.0 Å². The van der Waals surface area contributed by atoms with Gasteiger partial charge in [-0.05, 0) is 163 Å². The van der Waals surface area contributed by atoms with Gasteiger partial charge in [0.1, 0.15) is 24.7 Å². The van der Waals surface area contributed by atoms with Gasteiger partial charge in [0, 0.05) is 102 Å². The Balaban J connectivity index is 0.000000314. The number of halogens is 8. The molecule has 0 saturated carbocycles. The van der Waals surface area contributed by atoms with Crippen LogP contribution in [0.3, 0.4) is 0 Å². The zero-order chi connectivity index (χ0) is 108. The van der Waals surface area contributed by atoms with Crippen molar-refractivity contribution >= 4 is 35.3 Å². The van der Waals surface area contributed by atoms with Gasteiger partial charge in [-0.15, -0.1) is 0 Å². The predicted octanol–water partition coefficient (Wildman–Crippen LogP) is 15.0. The lowest BCUT2D eigenvalue weighted by Gasteiger charge is -2.28. The van der Waals surface area contributed by atoms with Gasteiger partial charge in [-0.1, -0.05) is 155 Å². The highest BCUT2D eigenvalue weighted by Crippen LogP contribution is 2.36. The summed E-state index contributed by atoms with van der Waals surface area (Å²) in [6, 6.07) is -15.7. The molecule has 2 aliphatic rings. The second-order valence-electron chi connectivity index (χ2n) is 19.6. The van der Waals surface area contributed by atoms with Crippen molar-refractivity contribution in [3.8, 4) is 22.3 Å². The highest BCUT2D eigenvalue weighted by Gasteiger charge is 2.34. The third kappa shape index (κ3) is 19.0. The lowest BCUT2D eigenvalue weighted by atomic mass is 9.98. The maximum Gasteiger partial charge on any atom is 0.416 e. The number of hydrogen-bond donors (Lipinski definition) is 0. The molecule has 96 heavy (non-hydrogen) atoms. The lowest BCUT2D eigenvalue weighted by Crippen LogP contribution is -2.40. The summed E-state index contributed by atoms with van der Waals surface area (Å²) in [5.74, 6) is -8.80. The van der Waals surface area contributed by atoms with Crippen LogP contribution in [0.5, 0.6) is 0 Å². The summed E-state index contributed by atoms with van der Waals surface area (Å²) in [7, 11) is 0. The number of thioether (sulfide) groups is 2. The zero-order valence-electron chi connectivity index (χ0n) is 94.7. The van der Waals surface area contributed by atoms with Crippen LogP contribution in [-0.2, 0) is 85.0 Å². The van der Waals surface area contributed by atoms with Gasteiger partial charge in [0.05, 0.1) is 42.7 Å². The minimum Gasteiger partial charge on any atom is -0.336 e. The van der Waals surface area contributed by atoms with Crippen molar-refractivity contribution in [3.05, 3.63) is 233 Å². The topological polar surface area (TPSA) is 117 Å². The summed E-state index contributed by atoms with van der Waals surface area (Å²) >= 11 is 0.0686. The first-order chi connectivity index (χ1) is 62.8. The fourth-order valence-corrected chi connectivity index (χ4v) is 10.0. The summed E-state index contributed by atoms with van der Waals surface area (Å²) < 4.78 is 497. The zero-order valence-corrected chi connectivity index (χ0v) is 52.3. The third-order valence-corrected chi connectivity index (χ3v) is 14.8. The maximum atomic E-state index is 15.3. The van der Waals surface area contributed by atoms with E-state index in [2.05, 4.69) is 9.97 Å². The Hall–Kier alpha value is -7.92. The van der Waals surface area contributed by atoms with Crippen LogP contribution < -0.4 is 11.1 Å². The number of benzene rings is 6. The molecule has 2 heterocycles. The molecule has 2 aromatic heterocycles. The molecule has 10 rings (SSSR count). The molecule has 2 amide bonds. The number of hydrogen-bond acceptors (Lipinski definition) is 10. The molecule has 8 aromatic rings. The van der Waals surface area contributed by atoms with E-state index in [9.17, 15) is 55.7 Å². The number of likely N-dealkylation sites (N-methyl/N-ethyl adjacent to an activating group) is 2. The van der Waals surface area contributed by atoms with E-state index in [1.807, 2.05) is 0 Å². The Morgan fingerprint density at radius 3 is 1.45 bits per heavy atom. The van der Waals surface area contributed by atoms with E-state index in [1.54, 1.807) is 0 Å². The van der Waals surface area contributed by atoms with Crippen molar-refractivity contribution in [2.24, 2.45) is 5.89 Å². The molecular formula is C74H80F8N8O4S2. The van der Waals surface area contributed by atoms with E-state index in [-0.39, 0.29) is 69.1 Å². The number of carbonyl (C=O) groups excluding carboxylic acids is 2. The van der Waals surface area contributed by atoms with Crippen LogP contribution in [0.15, 0.2) is 159 Å². The summed E-state index contributed by atoms with van der Waals surface area (Å²) in [5, 5.41) is -1.70. The number of amides is 2. The van der Waals surface area contributed by atoms with Crippen LogP contribution in [0.1, 0.15) is 163 Å². The van der Waals surface area contributed by atoms with Crippen LogP contribution >= 0.6 is 23.5 Å². The monoisotopic (exact) mass is 1400 g/mol. The molecular weight excluding hydrogens is 1280 g/mol. The van der Waals surface area contributed by atoms with E-state index in [1.165, 1.54) is 0 Å². The van der Waals surface area contributed by atoms with Crippen LogP contribution in [0.4, 0.5) is 35.1 Å². The number of alkyl halides is 6. The fourth-order valence-electron chi connectivity index (χ4n) is 8.53. The molecule has 508 valence electrons. The van der Waals surface area contributed by atoms with Crippen molar-refractivity contribution in [1.82, 2.24) is 38.7 Å². The minimum atomic E-state index is -5.51. The molecule has 1 unspecified atom stereocenters. The quantitative estimate of drug-likeness (QED) is 0.0295. The number of fused-ring (bicyclic) bond motifs is 2. The van der Waals surface area contributed by atoms with Gasteiger partial charge >= 0.3 is 12.4 Å². The molecule has 12 nitrogen and oxygen atoms in total. The summed E-state index contributed by atoms with van der Waals surface area (Å²) in [6.07, 6.45) is -17.3. The number of rotatable bonds is 26. The molecule has 0 N–H and O–H groups in total. The van der Waals surface area contributed by atoms with Gasteiger partial charge in [-0.25, -0.2) is 8.78 Å². The van der Waals surface area contributed by atoms with Crippen molar-refractivity contribution in [3.63, 3.8) is 0 Å². The maximum absolute atomic E-state index is 15.3. The van der Waals surface area contributed by atoms with Gasteiger partial charge in [-0.3, -0.25) is 19.2 Å². The number of aromatic nitrogens is 4. The number of nitrogens with zero attached hydrogens (tertiary/aromatic N) is 8. The second kappa shape index (κ2) is 32.9. The largest absolute Gasteiger partial charge is 0.416 e. The van der Waals surface area contributed by atoms with Crippen LogP contribution in [-0.4, -0.2) is 102 Å². The van der Waals surface area contributed by atoms with E-state index >= 15 is 9.59 Å². The van der Waals surface area contributed by atoms with Gasteiger partial charge in [-0.2, -0.15) is 36.3 Å². The molecule has 0 spiro atoms. The average Bonchev–Trinajstić information content (AvgIpc) is 1.50. The normalized spacial score (nSPS) is 23.9. The van der Waals surface area contributed by atoms with Crippen LogP contribution in [0.25, 0.3) is 22.3 Å². The average molecular weight is 1410 g/mol. The first-order valence-corrected chi connectivity index (χ1v) is 29.4. The Bertz CT molecular complexity index is 6300. The Morgan fingerprint density at radius 2 is 1.00 bits per heavy atom. The lowest BCUT2D eigenvalue weighted by molar-refractivity contribution is -0.138. The summed E-state index contributed by atoms with van der Waals surface area (Å²) in [4.78, 5) is 62.8. The van der Waals surface area contributed by atoms with Crippen LogP contribution in [0, 0.1) is 24.5 Å². The van der Waals surface area contributed by atoms with Gasteiger partial charge < -0.3 is 28.7 Å². The molecule has 22 heteroatoms. The summed E-state index contributed by atoms with van der Waals surface area (Å²) in [5.41, 5.74) is -23.8. The van der Waals surface area contributed by atoms with E-state index in [0.29, 0.717) is 34.6 Å². The van der Waals surface area contributed by atoms with Gasteiger partial charge in [0.2, 0.25) is 11.8 Å². The smallest absolute Gasteiger partial charge is 0.336 e. The van der Waals surface area contributed by atoms with E-state index < -0.39 is 338 Å². The molecule has 1 atom stereocenters. The van der Waals surface area contributed by atoms with E-state index in [4.69, 9.17) is 49.3 Å². The Labute approximate surface area is 625 Å². The molecule has 0 saturated heterocycles. The predicted molar refractivity (Wildman–Crippen MR) is 362 cm³/mol. The highest BCUT2D eigenvalue weighted by molar-refractivity contribution is 7.98. The minimum absolute atomic E-state index is 0.00367.